The number of carbonyl (C=O) groups is 2. The number of nitrogens with zero attached hydrogens (tertiary/aromatic N) is 1. The lowest BCUT2D eigenvalue weighted by Gasteiger charge is -2.18. The van der Waals surface area contributed by atoms with Crippen LogP contribution in [-0.2, 0) is 9.59 Å². The summed E-state index contributed by atoms with van der Waals surface area (Å²) in [5.74, 6) is -0.283. The van der Waals surface area contributed by atoms with Gasteiger partial charge in [-0.1, -0.05) is 12.1 Å². The summed E-state index contributed by atoms with van der Waals surface area (Å²) in [7, 11) is 0. The molecule has 1 amide bonds. The number of hydrogen-bond donors (Lipinski definition) is 0. The molecule has 1 aliphatic rings. The first kappa shape index (κ1) is 17.2. The predicted molar refractivity (Wildman–Crippen MR) is 97.9 cm³/mol. The van der Waals surface area contributed by atoms with Gasteiger partial charge in [-0.25, -0.2) is 0 Å². The SMILES string of the molecule is Cc1ccc(OC(=O)C2CC(=O)N(c3ccc(C)c(C)c3)C2)cc1C. The van der Waals surface area contributed by atoms with Gasteiger partial charge < -0.3 is 9.64 Å². The number of aryl methyl sites for hydroxylation is 4. The Morgan fingerprint density at radius 2 is 1.60 bits per heavy atom. The molecule has 2 aromatic carbocycles. The standard InChI is InChI=1S/C21H23NO3/c1-13-5-7-18(9-15(13)3)22-12-17(11-20(22)23)21(24)25-19-8-6-14(2)16(4)10-19/h5-10,17H,11-12H2,1-4H3. The second-order valence-corrected chi connectivity index (χ2v) is 6.84. The fraction of sp³-hybridized carbons (Fsp3) is 0.333. The van der Waals surface area contributed by atoms with Crippen molar-refractivity contribution in [2.24, 2.45) is 5.92 Å². The van der Waals surface area contributed by atoms with Gasteiger partial charge in [-0.15, -0.1) is 0 Å². The number of amides is 1. The van der Waals surface area contributed by atoms with E-state index in [2.05, 4.69) is 0 Å². The predicted octanol–water partition coefficient (Wildman–Crippen LogP) is 3.88. The molecule has 0 N–H and O–H groups in total. The van der Waals surface area contributed by atoms with Gasteiger partial charge in [0.1, 0.15) is 5.75 Å². The maximum atomic E-state index is 12.5. The molecule has 1 heterocycles. The molecule has 1 aliphatic heterocycles. The van der Waals surface area contributed by atoms with Gasteiger partial charge in [-0.05, 0) is 74.2 Å². The van der Waals surface area contributed by atoms with E-state index in [1.807, 2.05) is 58.0 Å². The molecular formula is C21H23NO3. The van der Waals surface area contributed by atoms with Crippen molar-refractivity contribution in [2.75, 3.05) is 11.4 Å². The molecule has 1 unspecified atom stereocenters. The van der Waals surface area contributed by atoms with E-state index in [-0.39, 0.29) is 18.3 Å². The third kappa shape index (κ3) is 3.58. The molecule has 0 aromatic heterocycles. The molecule has 1 saturated heterocycles. The van der Waals surface area contributed by atoms with Crippen molar-refractivity contribution in [1.29, 1.82) is 0 Å². The van der Waals surface area contributed by atoms with Gasteiger partial charge in [0.05, 0.1) is 5.92 Å². The first-order chi connectivity index (χ1) is 11.8. The van der Waals surface area contributed by atoms with E-state index in [0.717, 1.165) is 22.4 Å². The van der Waals surface area contributed by atoms with Gasteiger partial charge in [-0.3, -0.25) is 9.59 Å². The van der Waals surface area contributed by atoms with Crippen LogP contribution < -0.4 is 9.64 Å². The minimum Gasteiger partial charge on any atom is -0.426 e. The normalized spacial score (nSPS) is 17.0. The number of anilines is 1. The molecular weight excluding hydrogens is 314 g/mol. The molecule has 0 saturated carbocycles. The average Bonchev–Trinajstić information content (AvgIpc) is 2.95. The van der Waals surface area contributed by atoms with Crippen molar-refractivity contribution >= 4 is 17.6 Å². The largest absolute Gasteiger partial charge is 0.426 e. The Morgan fingerprint density at radius 1 is 0.960 bits per heavy atom. The second kappa shape index (κ2) is 6.71. The van der Waals surface area contributed by atoms with E-state index in [1.54, 1.807) is 11.0 Å². The highest BCUT2D eigenvalue weighted by atomic mass is 16.5. The molecule has 4 nitrogen and oxygen atoms in total. The summed E-state index contributed by atoms with van der Waals surface area (Å²) in [6.07, 6.45) is 0.191. The topological polar surface area (TPSA) is 46.6 Å². The van der Waals surface area contributed by atoms with E-state index in [4.69, 9.17) is 4.74 Å². The summed E-state index contributed by atoms with van der Waals surface area (Å²) in [5, 5.41) is 0. The monoisotopic (exact) mass is 337 g/mol. The van der Waals surface area contributed by atoms with Crippen molar-refractivity contribution in [1.82, 2.24) is 0 Å². The maximum Gasteiger partial charge on any atom is 0.316 e. The van der Waals surface area contributed by atoms with E-state index < -0.39 is 5.92 Å². The highest BCUT2D eigenvalue weighted by Gasteiger charge is 2.36. The van der Waals surface area contributed by atoms with E-state index in [9.17, 15) is 9.59 Å². The zero-order valence-corrected chi connectivity index (χ0v) is 15.1. The van der Waals surface area contributed by atoms with Crippen LogP contribution in [0.15, 0.2) is 36.4 Å². The molecule has 3 rings (SSSR count). The van der Waals surface area contributed by atoms with Crippen LogP contribution in [0.25, 0.3) is 0 Å². The van der Waals surface area contributed by atoms with Crippen molar-refractivity contribution in [3.63, 3.8) is 0 Å². The van der Waals surface area contributed by atoms with Crippen LogP contribution in [0.2, 0.25) is 0 Å². The number of esters is 1. The first-order valence-corrected chi connectivity index (χ1v) is 8.51. The Morgan fingerprint density at radius 3 is 2.24 bits per heavy atom. The Hall–Kier alpha value is -2.62. The number of benzene rings is 2. The van der Waals surface area contributed by atoms with Gasteiger partial charge in [0.25, 0.3) is 0 Å². The Bertz CT molecular complexity index is 841. The average molecular weight is 337 g/mol. The van der Waals surface area contributed by atoms with Crippen LogP contribution in [0.1, 0.15) is 28.7 Å². The van der Waals surface area contributed by atoms with Crippen molar-refractivity contribution in [2.45, 2.75) is 34.1 Å². The van der Waals surface area contributed by atoms with E-state index in [1.165, 1.54) is 5.56 Å². The van der Waals surface area contributed by atoms with Gasteiger partial charge in [0.2, 0.25) is 5.91 Å². The van der Waals surface area contributed by atoms with Gasteiger partial charge in [0, 0.05) is 18.7 Å². The number of carbonyl (C=O) groups excluding carboxylic acids is 2. The summed E-state index contributed by atoms with van der Waals surface area (Å²) in [5.41, 5.74) is 5.38. The van der Waals surface area contributed by atoms with Crippen LogP contribution in [0.5, 0.6) is 5.75 Å². The lowest BCUT2D eigenvalue weighted by Crippen LogP contribution is -2.27. The van der Waals surface area contributed by atoms with E-state index in [0.29, 0.717) is 12.3 Å². The smallest absolute Gasteiger partial charge is 0.316 e. The third-order valence-electron chi connectivity index (χ3n) is 4.96. The van der Waals surface area contributed by atoms with Crippen molar-refractivity contribution < 1.29 is 14.3 Å². The molecule has 4 heteroatoms. The zero-order chi connectivity index (χ0) is 18.1. The number of ether oxygens (including phenoxy) is 1. The number of hydrogen-bond acceptors (Lipinski definition) is 3. The Balaban J connectivity index is 1.71. The van der Waals surface area contributed by atoms with Crippen molar-refractivity contribution in [3.8, 4) is 5.75 Å². The Kier molecular flexibility index (Phi) is 4.62. The fourth-order valence-electron chi connectivity index (χ4n) is 2.99. The molecule has 1 fully saturated rings. The van der Waals surface area contributed by atoms with E-state index >= 15 is 0 Å². The molecule has 0 bridgehead atoms. The molecule has 0 spiro atoms. The van der Waals surface area contributed by atoms with Crippen LogP contribution in [0.3, 0.4) is 0 Å². The quantitative estimate of drug-likeness (QED) is 0.631. The second-order valence-electron chi connectivity index (χ2n) is 6.84. The maximum absolute atomic E-state index is 12.5. The summed E-state index contributed by atoms with van der Waals surface area (Å²) >= 11 is 0. The highest BCUT2D eigenvalue weighted by molar-refractivity contribution is 5.99. The highest BCUT2D eigenvalue weighted by Crippen LogP contribution is 2.28. The molecule has 2 aromatic rings. The van der Waals surface area contributed by atoms with Crippen LogP contribution in [-0.4, -0.2) is 18.4 Å². The van der Waals surface area contributed by atoms with Crippen LogP contribution >= 0.6 is 0 Å². The molecule has 0 aliphatic carbocycles. The number of rotatable bonds is 3. The fourth-order valence-corrected chi connectivity index (χ4v) is 2.99. The summed E-state index contributed by atoms with van der Waals surface area (Å²) in [6, 6.07) is 11.5. The summed E-state index contributed by atoms with van der Waals surface area (Å²) < 4.78 is 5.49. The third-order valence-corrected chi connectivity index (χ3v) is 4.96. The summed E-state index contributed by atoms with van der Waals surface area (Å²) in [4.78, 5) is 26.5. The van der Waals surface area contributed by atoms with Crippen LogP contribution in [0, 0.1) is 33.6 Å². The molecule has 130 valence electrons. The molecule has 0 radical (unpaired) electrons. The summed E-state index contributed by atoms with van der Waals surface area (Å²) in [6.45, 7) is 8.41. The minimum absolute atomic E-state index is 0.0368. The molecule has 25 heavy (non-hydrogen) atoms. The lowest BCUT2D eigenvalue weighted by molar-refractivity contribution is -0.139. The van der Waals surface area contributed by atoms with Gasteiger partial charge in [-0.2, -0.15) is 0 Å². The first-order valence-electron chi connectivity index (χ1n) is 8.51. The van der Waals surface area contributed by atoms with Gasteiger partial charge in [0.15, 0.2) is 0 Å². The molecule has 1 atom stereocenters. The van der Waals surface area contributed by atoms with Crippen molar-refractivity contribution in [3.05, 3.63) is 58.7 Å². The van der Waals surface area contributed by atoms with Crippen LogP contribution in [0.4, 0.5) is 5.69 Å². The zero-order valence-electron chi connectivity index (χ0n) is 15.1. The van der Waals surface area contributed by atoms with Gasteiger partial charge >= 0.3 is 5.97 Å². The lowest BCUT2D eigenvalue weighted by atomic mass is 10.1. The minimum atomic E-state index is -0.435. The Labute approximate surface area is 148 Å².